The van der Waals surface area contributed by atoms with E-state index in [1.54, 1.807) is 31.2 Å². The zero-order valence-electron chi connectivity index (χ0n) is 18.3. The Hall–Kier alpha value is -2.82. The monoisotopic (exact) mass is 423 g/mol. The molecule has 2 atom stereocenters. The lowest BCUT2D eigenvalue weighted by Crippen LogP contribution is -2.44. The van der Waals surface area contributed by atoms with Crippen molar-refractivity contribution in [3.05, 3.63) is 46.7 Å². The van der Waals surface area contributed by atoms with E-state index < -0.39 is 17.8 Å². The number of ether oxygens (including phenoxy) is 2. The van der Waals surface area contributed by atoms with Crippen molar-refractivity contribution in [1.29, 1.82) is 5.26 Å². The number of hydrogen-bond acceptors (Lipinski definition) is 7. The molecule has 0 amide bonds. The number of Topliss-reactive ketones (excluding diaryl/α,β-unsaturated/α-hetero) is 1. The number of benzene rings is 1. The summed E-state index contributed by atoms with van der Waals surface area (Å²) in [4.78, 5) is 31.1. The van der Waals surface area contributed by atoms with Gasteiger partial charge in [0.2, 0.25) is 0 Å². The fourth-order valence-electron chi connectivity index (χ4n) is 4.44. The second-order valence-electron chi connectivity index (χ2n) is 8.70. The summed E-state index contributed by atoms with van der Waals surface area (Å²) in [6.07, 6.45) is 1.07. The lowest BCUT2D eigenvalue weighted by atomic mass is 9.63. The quantitative estimate of drug-likeness (QED) is 0.533. The third-order valence-corrected chi connectivity index (χ3v) is 5.65. The zero-order chi connectivity index (χ0) is 22.6. The molecule has 0 aromatic heterocycles. The van der Waals surface area contributed by atoms with Gasteiger partial charge in [-0.1, -0.05) is 26.0 Å². The van der Waals surface area contributed by atoms with Gasteiger partial charge in [-0.25, -0.2) is 4.79 Å². The van der Waals surface area contributed by atoms with E-state index in [0.717, 1.165) is 11.3 Å². The van der Waals surface area contributed by atoms with Gasteiger partial charge in [-0.15, -0.1) is 0 Å². The van der Waals surface area contributed by atoms with E-state index in [0.29, 0.717) is 42.8 Å². The number of aliphatic imine (C=N–C) groups is 1. The second-order valence-corrected chi connectivity index (χ2v) is 8.70. The first-order valence-electron chi connectivity index (χ1n) is 10.6. The predicted octanol–water partition coefficient (Wildman–Crippen LogP) is 2.89. The summed E-state index contributed by atoms with van der Waals surface area (Å²) in [6, 6.07) is 9.11. The summed E-state index contributed by atoms with van der Waals surface area (Å²) in [5, 5.41) is 9.17. The van der Waals surface area contributed by atoms with E-state index in [2.05, 4.69) is 19.9 Å². The number of fused-ring (bicyclic) bond motifs is 1. The molecule has 1 heterocycles. The van der Waals surface area contributed by atoms with Crippen LogP contribution in [0, 0.1) is 22.7 Å². The minimum Gasteiger partial charge on any atom is -0.463 e. The maximum atomic E-state index is 13.3. The molecule has 0 spiro atoms. The number of carbonyl (C=O) groups excluding carboxylic acids is 2. The number of nitrogens with two attached hydrogens (primary N) is 1. The highest BCUT2D eigenvalue weighted by molar-refractivity contribution is 6.12. The molecule has 31 heavy (non-hydrogen) atoms. The fraction of sp³-hybridized carbons (Fsp3) is 0.500. The van der Waals surface area contributed by atoms with Gasteiger partial charge >= 0.3 is 5.97 Å². The van der Waals surface area contributed by atoms with Crippen LogP contribution in [0.15, 0.2) is 40.5 Å². The molecule has 0 radical (unpaired) electrons. The number of carbonyl (C=O) groups is 2. The highest BCUT2D eigenvalue weighted by Crippen LogP contribution is 2.47. The molecule has 164 valence electrons. The van der Waals surface area contributed by atoms with Crippen LogP contribution >= 0.6 is 0 Å². The Morgan fingerprint density at radius 2 is 1.97 bits per heavy atom. The summed E-state index contributed by atoms with van der Waals surface area (Å²) in [5.74, 6) is -1.49. The number of ketones is 1. The van der Waals surface area contributed by atoms with E-state index in [-0.39, 0.29) is 24.4 Å². The van der Waals surface area contributed by atoms with E-state index in [1.165, 1.54) is 0 Å². The van der Waals surface area contributed by atoms with Crippen molar-refractivity contribution in [2.75, 3.05) is 26.4 Å². The van der Waals surface area contributed by atoms with E-state index in [9.17, 15) is 9.59 Å². The van der Waals surface area contributed by atoms with Crippen LogP contribution in [-0.2, 0) is 19.1 Å². The second kappa shape index (κ2) is 9.54. The Balaban J connectivity index is 2.17. The molecule has 0 bridgehead atoms. The maximum absolute atomic E-state index is 13.3. The van der Waals surface area contributed by atoms with Crippen LogP contribution in [0.2, 0.25) is 0 Å². The van der Waals surface area contributed by atoms with Gasteiger partial charge in [0.05, 0.1) is 48.6 Å². The molecule has 2 aliphatic rings. The molecule has 1 aliphatic carbocycles. The lowest BCUT2D eigenvalue weighted by Gasteiger charge is -2.41. The van der Waals surface area contributed by atoms with Crippen molar-refractivity contribution in [3.8, 4) is 6.07 Å². The normalized spacial score (nSPS) is 22.4. The number of nitriles is 1. The molecule has 1 saturated carbocycles. The third-order valence-electron chi connectivity index (χ3n) is 5.65. The van der Waals surface area contributed by atoms with E-state index in [1.807, 2.05) is 0 Å². The smallest absolute Gasteiger partial charge is 0.336 e. The Morgan fingerprint density at radius 1 is 1.26 bits per heavy atom. The van der Waals surface area contributed by atoms with Crippen molar-refractivity contribution in [3.63, 3.8) is 0 Å². The number of hydrogen-bond donors (Lipinski definition) is 1. The third kappa shape index (κ3) is 4.92. The molecule has 3 rings (SSSR count). The average Bonchev–Trinajstić information content (AvgIpc) is 2.72. The van der Waals surface area contributed by atoms with E-state index in [4.69, 9.17) is 25.5 Å². The molecule has 7 heteroatoms. The number of rotatable bonds is 7. The summed E-state index contributed by atoms with van der Waals surface area (Å²) in [7, 11) is 0. The molecule has 2 unspecified atom stereocenters. The van der Waals surface area contributed by atoms with Crippen molar-refractivity contribution >= 4 is 17.5 Å². The molecule has 0 saturated heterocycles. The topological polar surface area (TPSA) is 115 Å². The van der Waals surface area contributed by atoms with Crippen LogP contribution in [0.4, 0.5) is 0 Å². The summed E-state index contributed by atoms with van der Waals surface area (Å²) in [6.45, 7) is 6.85. The summed E-state index contributed by atoms with van der Waals surface area (Å²) in [5.41, 5.74) is 8.25. The summed E-state index contributed by atoms with van der Waals surface area (Å²) < 4.78 is 11.0. The lowest BCUT2D eigenvalue weighted by molar-refractivity contribution is -0.139. The van der Waals surface area contributed by atoms with Crippen LogP contribution in [0.25, 0.3) is 0 Å². The highest BCUT2D eigenvalue weighted by Gasteiger charge is 2.48. The summed E-state index contributed by atoms with van der Waals surface area (Å²) >= 11 is 0. The first kappa shape index (κ1) is 22.9. The Labute approximate surface area is 182 Å². The zero-order valence-corrected chi connectivity index (χ0v) is 18.3. The van der Waals surface area contributed by atoms with Gasteiger partial charge in [0.15, 0.2) is 0 Å². The maximum Gasteiger partial charge on any atom is 0.336 e. The van der Waals surface area contributed by atoms with E-state index >= 15 is 0 Å². The van der Waals surface area contributed by atoms with Gasteiger partial charge in [0.1, 0.15) is 5.78 Å². The molecule has 7 nitrogen and oxygen atoms in total. The SMILES string of the molecule is CCOC(=O)C1=C(COCCN)N=C2CC(C)(C)CC(=O)C2C1c1ccc(C#N)cc1. The van der Waals surface area contributed by atoms with Gasteiger partial charge in [-0.2, -0.15) is 5.26 Å². The molecule has 1 aromatic rings. The van der Waals surface area contributed by atoms with Crippen molar-refractivity contribution < 1.29 is 19.1 Å². The largest absolute Gasteiger partial charge is 0.463 e. The predicted molar refractivity (Wildman–Crippen MR) is 116 cm³/mol. The first-order valence-corrected chi connectivity index (χ1v) is 10.6. The molecule has 2 N–H and O–H groups in total. The molecule has 1 fully saturated rings. The Bertz CT molecular complexity index is 954. The van der Waals surface area contributed by atoms with Crippen LogP contribution in [0.5, 0.6) is 0 Å². The molecule has 1 aromatic carbocycles. The molecular formula is C24H29N3O4. The van der Waals surface area contributed by atoms with Gasteiger partial charge in [-0.3, -0.25) is 9.79 Å². The minimum absolute atomic E-state index is 0.0630. The van der Waals surface area contributed by atoms with Crippen LogP contribution in [0.1, 0.15) is 50.7 Å². The fourth-order valence-corrected chi connectivity index (χ4v) is 4.44. The Morgan fingerprint density at radius 3 is 2.58 bits per heavy atom. The Kier molecular flexibility index (Phi) is 7.04. The van der Waals surface area contributed by atoms with Crippen LogP contribution in [0.3, 0.4) is 0 Å². The number of nitrogens with zero attached hydrogens (tertiary/aromatic N) is 2. The number of esters is 1. The van der Waals surface area contributed by atoms with Gasteiger partial charge in [-0.05, 0) is 36.5 Å². The first-order chi connectivity index (χ1) is 14.8. The average molecular weight is 424 g/mol. The minimum atomic E-state index is -0.529. The van der Waals surface area contributed by atoms with Gasteiger partial charge < -0.3 is 15.2 Å². The van der Waals surface area contributed by atoms with Gasteiger partial charge in [0.25, 0.3) is 0 Å². The molecule has 1 aliphatic heterocycles. The standard InChI is InChI=1S/C24H29N3O4/c1-4-31-23(29)22-18(14-30-10-9-25)27-17-11-24(2,3)12-19(28)21(17)20(22)16-7-5-15(13-26)6-8-16/h5-8,20-21H,4,9-12,14,25H2,1-3H3. The van der Waals surface area contributed by atoms with Crippen molar-refractivity contribution in [2.45, 2.75) is 39.5 Å². The highest BCUT2D eigenvalue weighted by atomic mass is 16.5. The van der Waals surface area contributed by atoms with Gasteiger partial charge in [0, 0.05) is 24.6 Å². The van der Waals surface area contributed by atoms with Crippen LogP contribution < -0.4 is 5.73 Å². The van der Waals surface area contributed by atoms with Crippen molar-refractivity contribution in [1.82, 2.24) is 0 Å². The van der Waals surface area contributed by atoms with Crippen LogP contribution in [-0.4, -0.2) is 43.8 Å². The molecular weight excluding hydrogens is 394 g/mol. The van der Waals surface area contributed by atoms with Crippen molar-refractivity contribution in [2.24, 2.45) is 22.1 Å².